The topological polar surface area (TPSA) is 47.6 Å². The van der Waals surface area contributed by atoms with Gasteiger partial charge in [0.15, 0.2) is 6.61 Å². The summed E-state index contributed by atoms with van der Waals surface area (Å²) in [7, 11) is 0. The predicted molar refractivity (Wildman–Crippen MR) is 109 cm³/mol. The highest BCUT2D eigenvalue weighted by atomic mass is 16.5. The van der Waals surface area contributed by atoms with Crippen molar-refractivity contribution >= 4 is 16.7 Å². The van der Waals surface area contributed by atoms with Crippen LogP contribution in [0.4, 0.5) is 0 Å². The molecule has 0 saturated heterocycles. The molecule has 0 aromatic heterocycles. The van der Waals surface area contributed by atoms with E-state index in [2.05, 4.69) is 23.5 Å². The Morgan fingerprint density at radius 3 is 2.56 bits per heavy atom. The van der Waals surface area contributed by atoms with Crippen LogP contribution in [0.3, 0.4) is 0 Å². The first-order valence-electron chi connectivity index (χ1n) is 9.12. The van der Waals surface area contributed by atoms with Crippen molar-refractivity contribution in [3.63, 3.8) is 0 Å². The van der Waals surface area contributed by atoms with Crippen LogP contribution in [0, 0.1) is 20.8 Å². The molecule has 1 amide bonds. The summed E-state index contributed by atoms with van der Waals surface area (Å²) in [4.78, 5) is 12.0. The van der Waals surface area contributed by atoms with Gasteiger partial charge in [-0.2, -0.15) is 0 Å². The van der Waals surface area contributed by atoms with Gasteiger partial charge in [-0.15, -0.1) is 0 Å². The number of hydrogen-bond acceptors (Lipinski definition) is 3. The van der Waals surface area contributed by atoms with E-state index in [9.17, 15) is 4.79 Å². The van der Waals surface area contributed by atoms with Crippen LogP contribution in [0.5, 0.6) is 11.5 Å². The molecule has 1 N–H and O–H groups in total. The monoisotopic (exact) mass is 363 g/mol. The van der Waals surface area contributed by atoms with Crippen molar-refractivity contribution in [3.05, 3.63) is 71.3 Å². The molecule has 3 rings (SSSR count). The molecule has 0 aliphatic carbocycles. The number of rotatable bonds is 7. The van der Waals surface area contributed by atoms with E-state index in [-0.39, 0.29) is 12.5 Å². The Morgan fingerprint density at radius 2 is 1.70 bits per heavy atom. The van der Waals surface area contributed by atoms with Gasteiger partial charge >= 0.3 is 0 Å². The van der Waals surface area contributed by atoms with Crippen molar-refractivity contribution in [2.24, 2.45) is 0 Å². The predicted octanol–water partition coefficient (Wildman–Crippen LogP) is 4.34. The number of carbonyl (C=O) groups excluding carboxylic acids is 1. The number of benzene rings is 3. The summed E-state index contributed by atoms with van der Waals surface area (Å²) in [6.45, 7) is 6.89. The number of carbonyl (C=O) groups is 1. The molecule has 3 aromatic carbocycles. The average Bonchev–Trinajstić information content (AvgIpc) is 2.67. The summed E-state index contributed by atoms with van der Waals surface area (Å²) in [5, 5.41) is 5.04. The van der Waals surface area contributed by atoms with Crippen molar-refractivity contribution in [1.82, 2.24) is 5.32 Å². The Morgan fingerprint density at radius 1 is 0.926 bits per heavy atom. The zero-order valence-electron chi connectivity index (χ0n) is 16.0. The first kappa shape index (κ1) is 18.8. The first-order valence-corrected chi connectivity index (χ1v) is 9.12. The number of fused-ring (bicyclic) bond motifs is 1. The second-order valence-electron chi connectivity index (χ2n) is 6.67. The highest BCUT2D eigenvalue weighted by Gasteiger charge is 2.07. The van der Waals surface area contributed by atoms with Crippen LogP contribution in [-0.2, 0) is 4.79 Å². The lowest BCUT2D eigenvalue weighted by molar-refractivity contribution is -0.123. The van der Waals surface area contributed by atoms with Gasteiger partial charge in [0.1, 0.15) is 18.1 Å². The first-order chi connectivity index (χ1) is 13.0. The van der Waals surface area contributed by atoms with Crippen molar-refractivity contribution < 1.29 is 14.3 Å². The van der Waals surface area contributed by atoms with Crippen molar-refractivity contribution in [3.8, 4) is 11.5 Å². The molecule has 0 aliphatic heterocycles. The highest BCUT2D eigenvalue weighted by Crippen LogP contribution is 2.25. The Labute approximate surface area is 160 Å². The van der Waals surface area contributed by atoms with Crippen LogP contribution in [0.25, 0.3) is 10.8 Å². The van der Waals surface area contributed by atoms with E-state index in [0.29, 0.717) is 13.2 Å². The van der Waals surface area contributed by atoms with Crippen molar-refractivity contribution in [2.75, 3.05) is 19.8 Å². The maximum absolute atomic E-state index is 12.0. The van der Waals surface area contributed by atoms with Gasteiger partial charge in [0, 0.05) is 5.39 Å². The second kappa shape index (κ2) is 8.58. The Balaban J connectivity index is 1.46. The summed E-state index contributed by atoms with van der Waals surface area (Å²) in [5.41, 5.74) is 3.35. The van der Waals surface area contributed by atoms with Gasteiger partial charge in [-0.05, 0) is 55.0 Å². The van der Waals surface area contributed by atoms with E-state index in [1.807, 2.05) is 57.2 Å². The molecule has 0 unspecified atom stereocenters. The molecule has 0 bridgehead atoms. The Kier molecular flexibility index (Phi) is 5.97. The standard InChI is InChI=1S/C23H25NO3/c1-16-13-17(2)18(3)22(14-16)27-15-23(25)24-11-12-26-21-10-6-8-19-7-4-5-9-20(19)21/h4-10,13-14H,11-12,15H2,1-3H3,(H,24,25). The molecule has 140 valence electrons. The van der Waals surface area contributed by atoms with Crippen LogP contribution < -0.4 is 14.8 Å². The van der Waals surface area contributed by atoms with Crippen molar-refractivity contribution in [1.29, 1.82) is 0 Å². The second-order valence-corrected chi connectivity index (χ2v) is 6.67. The van der Waals surface area contributed by atoms with Gasteiger partial charge in [0.25, 0.3) is 5.91 Å². The quantitative estimate of drug-likeness (QED) is 0.635. The van der Waals surface area contributed by atoms with Crippen LogP contribution >= 0.6 is 0 Å². The zero-order valence-corrected chi connectivity index (χ0v) is 16.0. The highest BCUT2D eigenvalue weighted by molar-refractivity contribution is 5.88. The molecule has 27 heavy (non-hydrogen) atoms. The van der Waals surface area contributed by atoms with E-state index >= 15 is 0 Å². The van der Waals surface area contributed by atoms with Gasteiger partial charge < -0.3 is 14.8 Å². The minimum absolute atomic E-state index is 0.00198. The van der Waals surface area contributed by atoms with E-state index < -0.39 is 0 Å². The normalized spacial score (nSPS) is 10.6. The van der Waals surface area contributed by atoms with E-state index in [1.54, 1.807) is 0 Å². The van der Waals surface area contributed by atoms with E-state index in [1.165, 1.54) is 0 Å². The minimum Gasteiger partial charge on any atom is -0.491 e. The summed E-state index contributed by atoms with van der Waals surface area (Å²) >= 11 is 0. The lowest BCUT2D eigenvalue weighted by Crippen LogP contribution is -2.32. The number of hydrogen-bond donors (Lipinski definition) is 1. The number of ether oxygens (including phenoxy) is 2. The smallest absolute Gasteiger partial charge is 0.258 e. The summed E-state index contributed by atoms with van der Waals surface area (Å²) < 4.78 is 11.5. The van der Waals surface area contributed by atoms with E-state index in [4.69, 9.17) is 9.47 Å². The largest absolute Gasteiger partial charge is 0.491 e. The van der Waals surface area contributed by atoms with Crippen LogP contribution in [0.2, 0.25) is 0 Å². The van der Waals surface area contributed by atoms with Gasteiger partial charge in [0.05, 0.1) is 6.54 Å². The van der Waals surface area contributed by atoms with Crippen LogP contribution in [0.15, 0.2) is 54.6 Å². The molecule has 0 fully saturated rings. The summed E-state index contributed by atoms with van der Waals surface area (Å²) in [6.07, 6.45) is 0. The molecular formula is C23H25NO3. The molecule has 3 aromatic rings. The number of amides is 1. The Hall–Kier alpha value is -3.01. The van der Waals surface area contributed by atoms with E-state index in [0.717, 1.165) is 39.0 Å². The average molecular weight is 363 g/mol. The molecular weight excluding hydrogens is 338 g/mol. The fourth-order valence-corrected chi connectivity index (χ4v) is 3.02. The lowest BCUT2D eigenvalue weighted by Gasteiger charge is -2.13. The maximum atomic E-state index is 12.0. The fraction of sp³-hybridized carbons (Fsp3) is 0.261. The summed E-state index contributed by atoms with van der Waals surface area (Å²) in [5.74, 6) is 1.43. The summed E-state index contributed by atoms with van der Waals surface area (Å²) in [6, 6.07) is 18.1. The fourth-order valence-electron chi connectivity index (χ4n) is 3.02. The molecule has 0 heterocycles. The SMILES string of the molecule is Cc1cc(C)c(C)c(OCC(=O)NCCOc2cccc3ccccc23)c1. The molecule has 0 saturated carbocycles. The van der Waals surface area contributed by atoms with Gasteiger partial charge in [-0.3, -0.25) is 4.79 Å². The number of nitrogens with one attached hydrogen (secondary N) is 1. The van der Waals surface area contributed by atoms with Crippen molar-refractivity contribution in [2.45, 2.75) is 20.8 Å². The molecule has 0 aliphatic rings. The van der Waals surface area contributed by atoms with Crippen LogP contribution in [-0.4, -0.2) is 25.7 Å². The lowest BCUT2D eigenvalue weighted by atomic mass is 10.1. The maximum Gasteiger partial charge on any atom is 0.258 e. The molecule has 0 spiro atoms. The third-order valence-corrected chi connectivity index (χ3v) is 4.55. The van der Waals surface area contributed by atoms with Crippen LogP contribution in [0.1, 0.15) is 16.7 Å². The third-order valence-electron chi connectivity index (χ3n) is 4.55. The Bertz CT molecular complexity index is 944. The molecule has 4 nitrogen and oxygen atoms in total. The molecule has 0 radical (unpaired) electrons. The third kappa shape index (κ3) is 4.79. The number of aryl methyl sites for hydroxylation is 2. The zero-order chi connectivity index (χ0) is 19.2. The van der Waals surface area contributed by atoms with Gasteiger partial charge in [0.2, 0.25) is 0 Å². The van der Waals surface area contributed by atoms with Gasteiger partial charge in [-0.25, -0.2) is 0 Å². The van der Waals surface area contributed by atoms with Gasteiger partial charge in [-0.1, -0.05) is 42.5 Å². The molecule has 4 heteroatoms. The minimum atomic E-state index is -0.157. The molecule has 0 atom stereocenters.